The Morgan fingerprint density at radius 3 is 2.50 bits per heavy atom. The summed E-state index contributed by atoms with van der Waals surface area (Å²) in [6, 6.07) is 3.85. The van der Waals surface area contributed by atoms with Crippen molar-refractivity contribution in [2.75, 3.05) is 6.54 Å². The molecule has 0 saturated heterocycles. The van der Waals surface area contributed by atoms with E-state index in [1.807, 2.05) is 6.92 Å². The van der Waals surface area contributed by atoms with E-state index in [4.69, 9.17) is 5.73 Å². The lowest BCUT2D eigenvalue weighted by molar-refractivity contribution is 0.162. The van der Waals surface area contributed by atoms with Gasteiger partial charge in [0.1, 0.15) is 0 Å². The van der Waals surface area contributed by atoms with E-state index in [1.165, 1.54) is 6.07 Å². The SMILES string of the molecule is CCC(CC(O)CN)c1ccc(F)c(F)c1. The maximum atomic E-state index is 13.0. The number of halogens is 2. The molecule has 2 unspecified atom stereocenters. The van der Waals surface area contributed by atoms with Gasteiger partial charge in [-0.05, 0) is 36.5 Å². The van der Waals surface area contributed by atoms with Crippen LogP contribution in [0.4, 0.5) is 8.78 Å². The molecule has 0 aromatic heterocycles. The van der Waals surface area contributed by atoms with Crippen LogP contribution in [0, 0.1) is 11.6 Å². The quantitative estimate of drug-likeness (QED) is 0.812. The third-order valence-corrected chi connectivity index (χ3v) is 2.74. The molecule has 0 aliphatic carbocycles. The van der Waals surface area contributed by atoms with Crippen molar-refractivity contribution >= 4 is 0 Å². The Labute approximate surface area is 94.1 Å². The highest BCUT2D eigenvalue weighted by molar-refractivity contribution is 5.21. The molecule has 4 heteroatoms. The van der Waals surface area contributed by atoms with E-state index in [0.29, 0.717) is 12.0 Å². The molecule has 0 fully saturated rings. The van der Waals surface area contributed by atoms with Gasteiger partial charge < -0.3 is 10.8 Å². The zero-order valence-corrected chi connectivity index (χ0v) is 9.29. The van der Waals surface area contributed by atoms with Crippen molar-refractivity contribution in [2.24, 2.45) is 5.73 Å². The smallest absolute Gasteiger partial charge is 0.159 e. The zero-order valence-electron chi connectivity index (χ0n) is 9.29. The second-order valence-electron chi connectivity index (χ2n) is 3.90. The van der Waals surface area contributed by atoms with Crippen LogP contribution in [0.25, 0.3) is 0 Å². The van der Waals surface area contributed by atoms with Crippen LogP contribution in [0.3, 0.4) is 0 Å². The molecule has 2 atom stereocenters. The van der Waals surface area contributed by atoms with Crippen LogP contribution in [-0.2, 0) is 0 Å². The molecule has 2 nitrogen and oxygen atoms in total. The zero-order chi connectivity index (χ0) is 12.1. The topological polar surface area (TPSA) is 46.2 Å². The molecule has 3 N–H and O–H groups in total. The van der Waals surface area contributed by atoms with E-state index < -0.39 is 17.7 Å². The van der Waals surface area contributed by atoms with Crippen LogP contribution in [0.5, 0.6) is 0 Å². The Balaban J connectivity index is 2.82. The van der Waals surface area contributed by atoms with Gasteiger partial charge in [-0.15, -0.1) is 0 Å². The summed E-state index contributed by atoms with van der Waals surface area (Å²) in [5, 5.41) is 9.45. The third-order valence-electron chi connectivity index (χ3n) is 2.74. The van der Waals surface area contributed by atoms with Crippen molar-refractivity contribution < 1.29 is 13.9 Å². The Kier molecular flexibility index (Phi) is 4.83. The first-order chi connectivity index (χ1) is 7.58. The highest BCUT2D eigenvalue weighted by Gasteiger charge is 2.15. The lowest BCUT2D eigenvalue weighted by Gasteiger charge is -2.18. The molecule has 0 spiro atoms. The molecule has 0 saturated carbocycles. The van der Waals surface area contributed by atoms with Gasteiger partial charge in [-0.3, -0.25) is 0 Å². The van der Waals surface area contributed by atoms with Gasteiger partial charge in [-0.1, -0.05) is 13.0 Å². The van der Waals surface area contributed by atoms with E-state index in [2.05, 4.69) is 0 Å². The number of benzene rings is 1. The molecular formula is C12H17F2NO. The predicted octanol–water partition coefficient (Wildman–Crippen LogP) is 2.17. The predicted molar refractivity (Wildman–Crippen MR) is 59.1 cm³/mol. The Morgan fingerprint density at radius 1 is 1.31 bits per heavy atom. The first-order valence-corrected chi connectivity index (χ1v) is 5.41. The first kappa shape index (κ1) is 13.1. The van der Waals surface area contributed by atoms with Gasteiger partial charge in [0.2, 0.25) is 0 Å². The molecule has 1 rings (SSSR count). The summed E-state index contributed by atoms with van der Waals surface area (Å²) in [6.45, 7) is 2.12. The second kappa shape index (κ2) is 5.92. The number of hydrogen-bond acceptors (Lipinski definition) is 2. The van der Waals surface area contributed by atoms with E-state index in [1.54, 1.807) is 6.07 Å². The van der Waals surface area contributed by atoms with Crippen molar-refractivity contribution in [3.63, 3.8) is 0 Å². The van der Waals surface area contributed by atoms with Crippen LogP contribution in [0.15, 0.2) is 18.2 Å². The normalized spacial score (nSPS) is 14.8. The second-order valence-corrected chi connectivity index (χ2v) is 3.90. The van der Waals surface area contributed by atoms with Gasteiger partial charge in [-0.25, -0.2) is 8.78 Å². The minimum absolute atomic E-state index is 0.00801. The number of aliphatic hydroxyl groups excluding tert-OH is 1. The fourth-order valence-corrected chi connectivity index (χ4v) is 1.73. The van der Waals surface area contributed by atoms with Crippen LogP contribution < -0.4 is 5.73 Å². The molecule has 0 aliphatic heterocycles. The van der Waals surface area contributed by atoms with Crippen LogP contribution in [0.1, 0.15) is 31.2 Å². The number of aliphatic hydroxyl groups is 1. The highest BCUT2D eigenvalue weighted by atomic mass is 19.2. The standard InChI is InChI=1S/C12H17F2NO/c1-2-8(5-10(16)7-15)9-3-4-11(13)12(14)6-9/h3-4,6,8,10,16H,2,5,7,15H2,1H3. The van der Waals surface area contributed by atoms with Crippen LogP contribution in [-0.4, -0.2) is 17.8 Å². The number of nitrogens with two attached hydrogens (primary N) is 1. The first-order valence-electron chi connectivity index (χ1n) is 5.41. The van der Waals surface area contributed by atoms with Gasteiger partial charge >= 0.3 is 0 Å². The molecule has 1 aromatic rings. The highest BCUT2D eigenvalue weighted by Crippen LogP contribution is 2.25. The third kappa shape index (κ3) is 3.25. The summed E-state index contributed by atoms with van der Waals surface area (Å²) >= 11 is 0. The van der Waals surface area contributed by atoms with E-state index >= 15 is 0 Å². The fraction of sp³-hybridized carbons (Fsp3) is 0.500. The molecule has 90 valence electrons. The largest absolute Gasteiger partial charge is 0.392 e. The van der Waals surface area contributed by atoms with Crippen molar-refractivity contribution in [3.05, 3.63) is 35.4 Å². The van der Waals surface area contributed by atoms with Crippen LogP contribution in [0.2, 0.25) is 0 Å². The number of rotatable bonds is 5. The van der Waals surface area contributed by atoms with Crippen molar-refractivity contribution in [3.8, 4) is 0 Å². The molecule has 0 heterocycles. The van der Waals surface area contributed by atoms with E-state index in [-0.39, 0.29) is 12.5 Å². The van der Waals surface area contributed by atoms with E-state index in [0.717, 1.165) is 12.5 Å². The van der Waals surface area contributed by atoms with Crippen molar-refractivity contribution in [1.29, 1.82) is 0 Å². The molecule has 0 aliphatic rings. The molecule has 0 bridgehead atoms. The molecule has 16 heavy (non-hydrogen) atoms. The van der Waals surface area contributed by atoms with Gasteiger partial charge in [0.15, 0.2) is 11.6 Å². The Bertz CT molecular complexity index is 344. The minimum Gasteiger partial charge on any atom is -0.392 e. The average Bonchev–Trinajstić information content (AvgIpc) is 2.29. The van der Waals surface area contributed by atoms with Crippen LogP contribution >= 0.6 is 0 Å². The summed E-state index contributed by atoms with van der Waals surface area (Å²) in [4.78, 5) is 0. The average molecular weight is 229 g/mol. The Morgan fingerprint density at radius 2 is 2.00 bits per heavy atom. The molecule has 0 amide bonds. The van der Waals surface area contributed by atoms with Gasteiger partial charge in [-0.2, -0.15) is 0 Å². The molecular weight excluding hydrogens is 212 g/mol. The molecule has 0 radical (unpaired) electrons. The summed E-state index contributed by atoms with van der Waals surface area (Å²) < 4.78 is 25.8. The summed E-state index contributed by atoms with van der Waals surface area (Å²) in [7, 11) is 0. The van der Waals surface area contributed by atoms with Gasteiger partial charge in [0.25, 0.3) is 0 Å². The maximum Gasteiger partial charge on any atom is 0.159 e. The summed E-state index contributed by atoms with van der Waals surface area (Å²) in [6.07, 6.45) is 0.623. The summed E-state index contributed by atoms with van der Waals surface area (Å²) in [5.41, 5.74) is 6.03. The van der Waals surface area contributed by atoms with E-state index in [9.17, 15) is 13.9 Å². The number of hydrogen-bond donors (Lipinski definition) is 2. The maximum absolute atomic E-state index is 13.0. The lowest BCUT2D eigenvalue weighted by Crippen LogP contribution is -2.22. The van der Waals surface area contributed by atoms with Crippen molar-refractivity contribution in [2.45, 2.75) is 31.8 Å². The molecule has 1 aromatic carbocycles. The monoisotopic (exact) mass is 229 g/mol. The van der Waals surface area contributed by atoms with Gasteiger partial charge in [0, 0.05) is 6.54 Å². The summed E-state index contributed by atoms with van der Waals surface area (Å²) in [5.74, 6) is -1.69. The Hall–Kier alpha value is -1.00. The van der Waals surface area contributed by atoms with Crippen molar-refractivity contribution in [1.82, 2.24) is 0 Å². The fourth-order valence-electron chi connectivity index (χ4n) is 1.73. The van der Waals surface area contributed by atoms with Gasteiger partial charge in [0.05, 0.1) is 6.10 Å². The minimum atomic E-state index is -0.849. The lowest BCUT2D eigenvalue weighted by atomic mass is 9.91.